The largest absolute Gasteiger partial charge is 0.292 e. The van der Waals surface area contributed by atoms with Crippen LogP contribution in [0.15, 0.2) is 23.6 Å². The first-order valence-corrected chi connectivity index (χ1v) is 5.70. The number of nitrogens with one attached hydrogen (secondary N) is 1. The molecule has 2 aromatic heterocycles. The third kappa shape index (κ3) is 1.99. The van der Waals surface area contributed by atoms with Crippen LogP contribution in [0.5, 0.6) is 0 Å². The van der Waals surface area contributed by atoms with Gasteiger partial charge in [-0.1, -0.05) is 19.9 Å². The summed E-state index contributed by atoms with van der Waals surface area (Å²) in [5.41, 5.74) is 1.43. The van der Waals surface area contributed by atoms with Gasteiger partial charge >= 0.3 is 0 Å². The number of aromatic amines is 1. The summed E-state index contributed by atoms with van der Waals surface area (Å²) in [6.45, 7) is 3.75. The fourth-order valence-electron chi connectivity index (χ4n) is 1.30. The first-order valence-electron chi connectivity index (χ1n) is 4.82. The number of rotatable bonds is 3. The molecule has 0 amide bonds. The zero-order valence-electron chi connectivity index (χ0n) is 8.65. The van der Waals surface area contributed by atoms with Gasteiger partial charge < -0.3 is 0 Å². The molecular weight excluding hydrogens is 208 g/mol. The van der Waals surface area contributed by atoms with Crippen molar-refractivity contribution in [2.75, 3.05) is 0 Å². The van der Waals surface area contributed by atoms with Gasteiger partial charge in [0.1, 0.15) is 5.69 Å². The highest BCUT2D eigenvalue weighted by atomic mass is 32.1. The molecule has 0 aliphatic rings. The van der Waals surface area contributed by atoms with Crippen molar-refractivity contribution in [1.29, 1.82) is 0 Å². The Kier molecular flexibility index (Phi) is 2.68. The predicted octanol–water partition coefficient (Wildman–Crippen LogP) is 2.98. The minimum Gasteiger partial charge on any atom is -0.292 e. The molecule has 1 N–H and O–H groups in total. The van der Waals surface area contributed by atoms with Crippen LogP contribution in [0, 0.1) is 5.92 Å². The zero-order chi connectivity index (χ0) is 10.8. The van der Waals surface area contributed by atoms with Crippen molar-refractivity contribution < 1.29 is 4.79 Å². The maximum absolute atomic E-state index is 11.6. The average Bonchev–Trinajstić information content (AvgIpc) is 2.86. The van der Waals surface area contributed by atoms with Crippen molar-refractivity contribution in [2.24, 2.45) is 5.92 Å². The van der Waals surface area contributed by atoms with Crippen LogP contribution in [0.3, 0.4) is 0 Å². The van der Waals surface area contributed by atoms with E-state index in [0.29, 0.717) is 5.69 Å². The SMILES string of the molecule is CC(C)C(=O)c1cc(-c2cccs2)[nH]n1. The summed E-state index contributed by atoms with van der Waals surface area (Å²) in [6, 6.07) is 5.79. The van der Waals surface area contributed by atoms with Crippen molar-refractivity contribution in [2.45, 2.75) is 13.8 Å². The Morgan fingerprint density at radius 2 is 2.33 bits per heavy atom. The summed E-state index contributed by atoms with van der Waals surface area (Å²) in [4.78, 5) is 12.8. The first-order chi connectivity index (χ1) is 7.18. The number of aromatic nitrogens is 2. The van der Waals surface area contributed by atoms with E-state index in [2.05, 4.69) is 10.2 Å². The lowest BCUT2D eigenvalue weighted by Gasteiger charge is -1.97. The molecule has 15 heavy (non-hydrogen) atoms. The van der Waals surface area contributed by atoms with E-state index in [0.717, 1.165) is 10.6 Å². The molecule has 0 saturated heterocycles. The molecule has 2 rings (SSSR count). The number of hydrogen-bond donors (Lipinski definition) is 1. The molecule has 0 aliphatic heterocycles. The Morgan fingerprint density at radius 3 is 2.93 bits per heavy atom. The number of thiophene rings is 1. The second kappa shape index (κ2) is 3.98. The van der Waals surface area contributed by atoms with E-state index in [1.54, 1.807) is 11.3 Å². The number of nitrogens with zero attached hydrogens (tertiary/aromatic N) is 1. The monoisotopic (exact) mass is 220 g/mol. The van der Waals surface area contributed by atoms with Crippen LogP contribution in [0.25, 0.3) is 10.6 Å². The third-order valence-corrected chi connectivity index (χ3v) is 3.04. The summed E-state index contributed by atoms with van der Waals surface area (Å²) in [6.07, 6.45) is 0. The van der Waals surface area contributed by atoms with Crippen LogP contribution in [-0.4, -0.2) is 16.0 Å². The van der Waals surface area contributed by atoms with Crippen LogP contribution in [-0.2, 0) is 0 Å². The Labute approximate surface area is 92.1 Å². The maximum atomic E-state index is 11.6. The minimum atomic E-state index is -0.00974. The summed E-state index contributed by atoms with van der Waals surface area (Å²) in [5.74, 6) is 0.0681. The van der Waals surface area contributed by atoms with E-state index in [1.807, 2.05) is 37.4 Å². The van der Waals surface area contributed by atoms with Gasteiger partial charge in [0.15, 0.2) is 5.78 Å². The number of Topliss-reactive ketones (excluding diaryl/α,β-unsaturated/α-hetero) is 1. The highest BCUT2D eigenvalue weighted by Gasteiger charge is 2.14. The standard InChI is InChI=1S/C11H12N2OS/c1-7(2)11(14)9-6-8(12-13-9)10-4-3-5-15-10/h3-7H,1-2H3,(H,12,13). The number of ketones is 1. The van der Waals surface area contributed by atoms with Crippen molar-refractivity contribution in [3.8, 4) is 10.6 Å². The van der Waals surface area contributed by atoms with Gasteiger partial charge in [-0.2, -0.15) is 5.10 Å². The quantitative estimate of drug-likeness (QED) is 0.808. The molecule has 0 aromatic carbocycles. The van der Waals surface area contributed by atoms with Gasteiger partial charge in [-0.05, 0) is 17.5 Å². The second-order valence-corrected chi connectivity index (χ2v) is 4.61. The van der Waals surface area contributed by atoms with E-state index in [9.17, 15) is 4.79 Å². The van der Waals surface area contributed by atoms with Gasteiger partial charge in [-0.25, -0.2) is 0 Å². The molecule has 2 heterocycles. The highest BCUT2D eigenvalue weighted by molar-refractivity contribution is 7.13. The maximum Gasteiger partial charge on any atom is 0.185 e. The lowest BCUT2D eigenvalue weighted by molar-refractivity contribution is 0.0934. The normalized spacial score (nSPS) is 10.9. The van der Waals surface area contributed by atoms with Gasteiger partial charge in [0.2, 0.25) is 0 Å². The number of carbonyl (C=O) groups excluding carboxylic acids is 1. The molecule has 0 atom stereocenters. The molecule has 0 aliphatic carbocycles. The molecule has 0 unspecified atom stereocenters. The second-order valence-electron chi connectivity index (χ2n) is 3.66. The van der Waals surface area contributed by atoms with Crippen LogP contribution < -0.4 is 0 Å². The Hall–Kier alpha value is -1.42. The van der Waals surface area contributed by atoms with Crippen molar-refractivity contribution in [1.82, 2.24) is 10.2 Å². The molecule has 0 radical (unpaired) electrons. The minimum absolute atomic E-state index is 0.00974. The van der Waals surface area contributed by atoms with Crippen molar-refractivity contribution in [3.63, 3.8) is 0 Å². The van der Waals surface area contributed by atoms with Crippen molar-refractivity contribution in [3.05, 3.63) is 29.3 Å². The Bertz CT molecular complexity index is 457. The molecule has 0 spiro atoms. The summed E-state index contributed by atoms with van der Waals surface area (Å²) in [7, 11) is 0. The van der Waals surface area contributed by atoms with E-state index in [4.69, 9.17) is 0 Å². The van der Waals surface area contributed by atoms with Crippen LogP contribution >= 0.6 is 11.3 Å². The van der Waals surface area contributed by atoms with E-state index < -0.39 is 0 Å². The average molecular weight is 220 g/mol. The molecule has 2 aromatic rings. The molecule has 4 heteroatoms. The lowest BCUT2D eigenvalue weighted by atomic mass is 10.1. The number of hydrogen-bond acceptors (Lipinski definition) is 3. The molecule has 0 saturated carbocycles. The Balaban J connectivity index is 2.29. The highest BCUT2D eigenvalue weighted by Crippen LogP contribution is 2.23. The van der Waals surface area contributed by atoms with Gasteiger partial charge in [-0.3, -0.25) is 9.89 Å². The molecule has 78 valence electrons. The van der Waals surface area contributed by atoms with Gasteiger partial charge in [0.05, 0.1) is 10.6 Å². The number of H-pyrrole nitrogens is 1. The van der Waals surface area contributed by atoms with Gasteiger partial charge in [0.25, 0.3) is 0 Å². The number of carbonyl (C=O) groups is 1. The third-order valence-electron chi connectivity index (χ3n) is 2.14. The Morgan fingerprint density at radius 1 is 1.53 bits per heavy atom. The fourth-order valence-corrected chi connectivity index (χ4v) is 1.99. The van der Waals surface area contributed by atoms with Gasteiger partial charge in [-0.15, -0.1) is 11.3 Å². The summed E-state index contributed by atoms with van der Waals surface area (Å²) >= 11 is 1.63. The van der Waals surface area contributed by atoms with E-state index in [1.165, 1.54) is 0 Å². The molecule has 3 nitrogen and oxygen atoms in total. The summed E-state index contributed by atoms with van der Waals surface area (Å²) in [5, 5.41) is 8.91. The van der Waals surface area contributed by atoms with Crippen LogP contribution in [0.2, 0.25) is 0 Å². The van der Waals surface area contributed by atoms with Gasteiger partial charge in [0, 0.05) is 5.92 Å². The first kappa shape index (κ1) is 10.1. The fraction of sp³-hybridized carbons (Fsp3) is 0.273. The van der Waals surface area contributed by atoms with Crippen LogP contribution in [0.1, 0.15) is 24.3 Å². The van der Waals surface area contributed by atoms with Crippen LogP contribution in [0.4, 0.5) is 0 Å². The van der Waals surface area contributed by atoms with E-state index in [-0.39, 0.29) is 11.7 Å². The van der Waals surface area contributed by atoms with Crippen molar-refractivity contribution >= 4 is 17.1 Å². The van der Waals surface area contributed by atoms with E-state index >= 15 is 0 Å². The topological polar surface area (TPSA) is 45.8 Å². The molecule has 0 bridgehead atoms. The smallest absolute Gasteiger partial charge is 0.185 e. The molecular formula is C11H12N2OS. The lowest BCUT2D eigenvalue weighted by Crippen LogP contribution is -2.07. The zero-order valence-corrected chi connectivity index (χ0v) is 9.47. The predicted molar refractivity (Wildman–Crippen MR) is 61.1 cm³/mol. The summed E-state index contributed by atoms with van der Waals surface area (Å²) < 4.78 is 0. The molecule has 0 fully saturated rings.